The number of allylic oxidation sites excluding steroid dienone is 1. The largest absolute Gasteiger partial charge is 0.481 e. The summed E-state index contributed by atoms with van der Waals surface area (Å²) in [6.07, 6.45) is -0.238. The molecule has 0 aliphatic carbocycles. The van der Waals surface area contributed by atoms with E-state index in [4.69, 9.17) is 10.2 Å². The molecular formula is C9H13NO6. The minimum Gasteiger partial charge on any atom is -0.481 e. The van der Waals surface area contributed by atoms with Gasteiger partial charge in [-0.3, -0.25) is 9.59 Å². The van der Waals surface area contributed by atoms with E-state index >= 15 is 0 Å². The summed E-state index contributed by atoms with van der Waals surface area (Å²) in [6, 6.07) is 0. The van der Waals surface area contributed by atoms with Crippen LogP contribution < -0.4 is 5.90 Å². The molecule has 0 spiro atoms. The smallest absolute Gasteiger partial charge is 0.339 e. The second-order valence-electron chi connectivity index (χ2n) is 3.18. The normalized spacial score (nSPS) is 11.6. The first-order valence-electron chi connectivity index (χ1n) is 4.40. The Morgan fingerprint density at radius 2 is 1.81 bits per heavy atom. The SMILES string of the molecule is C=C(CCC(=O)O)CC(C(=O)O)C(=O)ON. The molecule has 0 saturated carbocycles. The molecule has 0 radical (unpaired) electrons. The summed E-state index contributed by atoms with van der Waals surface area (Å²) in [5.41, 5.74) is 0.347. The number of carbonyl (C=O) groups is 3. The van der Waals surface area contributed by atoms with E-state index in [2.05, 4.69) is 17.3 Å². The molecule has 0 bridgehead atoms. The predicted octanol–water partition coefficient (Wildman–Crippen LogP) is -0.0848. The lowest BCUT2D eigenvalue weighted by Crippen LogP contribution is -2.28. The van der Waals surface area contributed by atoms with Gasteiger partial charge in [0.05, 0.1) is 0 Å². The molecular weight excluding hydrogens is 218 g/mol. The van der Waals surface area contributed by atoms with Gasteiger partial charge in [-0.2, -0.15) is 5.90 Å². The highest BCUT2D eigenvalue weighted by Gasteiger charge is 2.28. The van der Waals surface area contributed by atoms with E-state index in [-0.39, 0.29) is 19.3 Å². The first kappa shape index (κ1) is 14.1. The third kappa shape index (κ3) is 5.11. The summed E-state index contributed by atoms with van der Waals surface area (Å²) in [5.74, 6) is -0.348. The van der Waals surface area contributed by atoms with Gasteiger partial charge >= 0.3 is 17.9 Å². The Morgan fingerprint density at radius 1 is 1.25 bits per heavy atom. The molecule has 7 nitrogen and oxygen atoms in total. The zero-order valence-electron chi connectivity index (χ0n) is 8.51. The lowest BCUT2D eigenvalue weighted by Gasteiger charge is -2.10. The second-order valence-corrected chi connectivity index (χ2v) is 3.18. The Bertz CT molecular complexity index is 311. The highest BCUT2D eigenvalue weighted by Crippen LogP contribution is 2.16. The highest BCUT2D eigenvalue weighted by molar-refractivity contribution is 5.94. The van der Waals surface area contributed by atoms with Crippen molar-refractivity contribution in [3.63, 3.8) is 0 Å². The average Bonchev–Trinajstić information content (AvgIpc) is 2.21. The van der Waals surface area contributed by atoms with E-state index in [0.29, 0.717) is 5.57 Å². The Labute approximate surface area is 91.4 Å². The van der Waals surface area contributed by atoms with Crippen molar-refractivity contribution >= 4 is 17.9 Å². The fourth-order valence-electron chi connectivity index (χ4n) is 1.03. The van der Waals surface area contributed by atoms with Crippen molar-refractivity contribution in [3.05, 3.63) is 12.2 Å². The first-order valence-corrected chi connectivity index (χ1v) is 4.40. The Morgan fingerprint density at radius 3 is 2.19 bits per heavy atom. The quantitative estimate of drug-likeness (QED) is 0.317. The first-order chi connectivity index (χ1) is 7.38. The molecule has 0 aliphatic heterocycles. The second kappa shape index (κ2) is 6.57. The van der Waals surface area contributed by atoms with Crippen LogP contribution in [-0.4, -0.2) is 28.1 Å². The van der Waals surface area contributed by atoms with Crippen LogP contribution in [0.3, 0.4) is 0 Å². The minimum absolute atomic E-state index is 0.108. The summed E-state index contributed by atoms with van der Waals surface area (Å²) in [5, 5.41) is 17.1. The third-order valence-electron chi connectivity index (χ3n) is 1.88. The van der Waals surface area contributed by atoms with Crippen molar-refractivity contribution in [2.24, 2.45) is 11.8 Å². The van der Waals surface area contributed by atoms with Crippen molar-refractivity contribution in [2.75, 3.05) is 0 Å². The van der Waals surface area contributed by atoms with Gasteiger partial charge in [0.15, 0.2) is 5.92 Å². The van der Waals surface area contributed by atoms with Crippen LogP contribution in [0.2, 0.25) is 0 Å². The van der Waals surface area contributed by atoms with E-state index in [1.54, 1.807) is 0 Å². The highest BCUT2D eigenvalue weighted by atomic mass is 16.7. The summed E-state index contributed by atoms with van der Waals surface area (Å²) in [6.45, 7) is 3.49. The number of carboxylic acid groups (broad SMARTS) is 2. The van der Waals surface area contributed by atoms with Crippen LogP contribution in [0.1, 0.15) is 19.3 Å². The van der Waals surface area contributed by atoms with Crippen LogP contribution in [0.25, 0.3) is 0 Å². The molecule has 0 saturated heterocycles. The van der Waals surface area contributed by atoms with Crippen LogP contribution in [0.15, 0.2) is 12.2 Å². The van der Waals surface area contributed by atoms with Crippen LogP contribution in [0.4, 0.5) is 0 Å². The molecule has 0 fully saturated rings. The predicted molar refractivity (Wildman–Crippen MR) is 52.0 cm³/mol. The van der Waals surface area contributed by atoms with Crippen molar-refractivity contribution < 1.29 is 29.4 Å². The van der Waals surface area contributed by atoms with Gasteiger partial charge in [0.1, 0.15) is 0 Å². The van der Waals surface area contributed by atoms with Gasteiger partial charge in [0.25, 0.3) is 0 Å². The van der Waals surface area contributed by atoms with E-state index in [9.17, 15) is 14.4 Å². The summed E-state index contributed by atoms with van der Waals surface area (Å²) in [4.78, 5) is 35.7. The average molecular weight is 231 g/mol. The van der Waals surface area contributed by atoms with Crippen LogP contribution in [-0.2, 0) is 19.2 Å². The number of carbonyl (C=O) groups excluding carboxylic acids is 1. The summed E-state index contributed by atoms with van der Waals surface area (Å²) in [7, 11) is 0. The maximum Gasteiger partial charge on any atom is 0.339 e. The van der Waals surface area contributed by atoms with Crippen LogP contribution >= 0.6 is 0 Å². The Balaban J connectivity index is 4.30. The molecule has 0 aromatic heterocycles. The molecule has 16 heavy (non-hydrogen) atoms. The molecule has 1 unspecified atom stereocenters. The van der Waals surface area contributed by atoms with Crippen molar-refractivity contribution in [1.82, 2.24) is 0 Å². The fourth-order valence-corrected chi connectivity index (χ4v) is 1.03. The topological polar surface area (TPSA) is 127 Å². The molecule has 90 valence electrons. The minimum atomic E-state index is -1.44. The van der Waals surface area contributed by atoms with Crippen LogP contribution in [0, 0.1) is 5.92 Å². The molecule has 0 rings (SSSR count). The number of aliphatic carboxylic acids is 2. The van der Waals surface area contributed by atoms with Gasteiger partial charge in [-0.25, -0.2) is 4.79 Å². The molecule has 0 aromatic carbocycles. The van der Waals surface area contributed by atoms with Gasteiger partial charge in [-0.1, -0.05) is 12.2 Å². The van der Waals surface area contributed by atoms with Crippen molar-refractivity contribution in [2.45, 2.75) is 19.3 Å². The lowest BCUT2D eigenvalue weighted by molar-refractivity contribution is -0.159. The van der Waals surface area contributed by atoms with Gasteiger partial charge < -0.3 is 15.1 Å². The maximum absolute atomic E-state index is 10.9. The molecule has 0 heterocycles. The molecule has 0 aromatic rings. The molecule has 0 amide bonds. The van der Waals surface area contributed by atoms with Crippen LogP contribution in [0.5, 0.6) is 0 Å². The molecule has 0 aliphatic rings. The lowest BCUT2D eigenvalue weighted by atomic mass is 9.97. The fraction of sp³-hybridized carbons (Fsp3) is 0.444. The van der Waals surface area contributed by atoms with Gasteiger partial charge in [0, 0.05) is 6.42 Å². The zero-order valence-corrected chi connectivity index (χ0v) is 8.51. The van der Waals surface area contributed by atoms with Crippen molar-refractivity contribution in [1.29, 1.82) is 0 Å². The number of nitrogens with two attached hydrogens (primary N) is 1. The van der Waals surface area contributed by atoms with Crippen molar-refractivity contribution in [3.8, 4) is 0 Å². The molecule has 7 heteroatoms. The third-order valence-corrected chi connectivity index (χ3v) is 1.88. The Hall–Kier alpha value is -1.89. The maximum atomic E-state index is 10.9. The standard InChI is InChI=1S/C9H13NO6/c1-5(2-3-7(11)12)4-6(8(13)14)9(15)16-10/h6H,1-4,10H2,(H,11,12)(H,13,14). The number of hydrogen-bond acceptors (Lipinski definition) is 5. The number of carboxylic acids is 2. The molecule has 4 N–H and O–H groups in total. The van der Waals surface area contributed by atoms with Gasteiger partial charge in [0.2, 0.25) is 0 Å². The van der Waals surface area contributed by atoms with E-state index in [0.717, 1.165) is 0 Å². The van der Waals surface area contributed by atoms with Gasteiger partial charge in [-0.05, 0) is 12.8 Å². The van der Waals surface area contributed by atoms with Gasteiger partial charge in [-0.15, -0.1) is 0 Å². The van der Waals surface area contributed by atoms with E-state index in [1.807, 2.05) is 0 Å². The van der Waals surface area contributed by atoms with E-state index < -0.39 is 23.8 Å². The zero-order chi connectivity index (χ0) is 12.7. The number of rotatable bonds is 7. The monoisotopic (exact) mass is 231 g/mol. The Kier molecular flexibility index (Phi) is 5.79. The molecule has 1 atom stereocenters. The summed E-state index contributed by atoms with van der Waals surface area (Å²) >= 11 is 0. The number of hydrogen-bond donors (Lipinski definition) is 3. The van der Waals surface area contributed by atoms with E-state index in [1.165, 1.54) is 0 Å². The summed E-state index contributed by atoms with van der Waals surface area (Å²) < 4.78 is 0.